The smallest absolute Gasteiger partial charge is 0.228 e. The molecular weight excluding hydrogens is 212 g/mol. The van der Waals surface area contributed by atoms with Gasteiger partial charge in [-0.1, -0.05) is 11.6 Å². The Morgan fingerprint density at radius 1 is 1.40 bits per heavy atom. The van der Waals surface area contributed by atoms with E-state index in [0.717, 1.165) is 5.69 Å². The van der Waals surface area contributed by atoms with Crippen molar-refractivity contribution in [2.24, 2.45) is 5.73 Å². The average Bonchev–Trinajstić information content (AvgIpc) is 2.44. The van der Waals surface area contributed by atoms with Gasteiger partial charge in [0.1, 0.15) is 0 Å². The van der Waals surface area contributed by atoms with Crippen LogP contribution in [0.1, 0.15) is 13.3 Å². The molecule has 2 N–H and O–H groups in total. The number of hydrogen-bond acceptors (Lipinski definition) is 2. The number of rotatable bonds is 1. The van der Waals surface area contributed by atoms with Crippen molar-refractivity contribution in [2.45, 2.75) is 25.4 Å². The van der Waals surface area contributed by atoms with Gasteiger partial charge >= 0.3 is 0 Å². The fraction of sp³-hybridized carbons (Fsp3) is 0.364. The molecule has 2 rings (SSSR count). The lowest BCUT2D eigenvalue weighted by atomic mass is 10.1. The Hall–Kier alpha value is -1.06. The Balaban J connectivity index is 2.30. The lowest BCUT2D eigenvalue weighted by Gasteiger charge is -2.23. The van der Waals surface area contributed by atoms with E-state index in [9.17, 15) is 4.79 Å². The Morgan fingerprint density at radius 2 is 2.00 bits per heavy atom. The van der Waals surface area contributed by atoms with Crippen LogP contribution in [-0.2, 0) is 4.79 Å². The normalized spacial score (nSPS) is 26.1. The van der Waals surface area contributed by atoms with Crippen molar-refractivity contribution in [3.63, 3.8) is 0 Å². The first-order chi connectivity index (χ1) is 7.09. The molecule has 1 heterocycles. The van der Waals surface area contributed by atoms with E-state index in [1.165, 1.54) is 0 Å². The standard InChI is InChI=1S/C11H13ClN2O/c1-7-10(13)6-11(15)14(7)9-4-2-8(12)3-5-9/h2-5,7,10H,6,13H2,1H3. The van der Waals surface area contributed by atoms with Crippen LogP contribution in [0.25, 0.3) is 0 Å². The number of hydrogen-bond donors (Lipinski definition) is 1. The minimum absolute atomic E-state index is 0.0543. The molecule has 1 aromatic rings. The van der Waals surface area contributed by atoms with Crippen LogP contribution in [0.3, 0.4) is 0 Å². The molecule has 1 aliphatic rings. The molecule has 0 saturated carbocycles. The predicted molar refractivity (Wildman–Crippen MR) is 61.0 cm³/mol. The van der Waals surface area contributed by atoms with Gasteiger partial charge in [-0.25, -0.2) is 0 Å². The fourth-order valence-electron chi connectivity index (χ4n) is 1.87. The maximum atomic E-state index is 11.7. The summed E-state index contributed by atoms with van der Waals surface area (Å²) in [4.78, 5) is 13.4. The molecular formula is C11H13ClN2O. The molecule has 4 heteroatoms. The fourth-order valence-corrected chi connectivity index (χ4v) is 2.00. The monoisotopic (exact) mass is 224 g/mol. The summed E-state index contributed by atoms with van der Waals surface area (Å²) < 4.78 is 0. The van der Waals surface area contributed by atoms with Crippen LogP contribution in [0.15, 0.2) is 24.3 Å². The molecule has 1 saturated heterocycles. The SMILES string of the molecule is CC1C(N)CC(=O)N1c1ccc(Cl)cc1. The van der Waals surface area contributed by atoms with Crippen molar-refractivity contribution in [3.8, 4) is 0 Å². The predicted octanol–water partition coefficient (Wildman–Crippen LogP) is 1.79. The second-order valence-electron chi connectivity index (χ2n) is 3.85. The van der Waals surface area contributed by atoms with Crippen molar-refractivity contribution in [2.75, 3.05) is 4.90 Å². The molecule has 1 amide bonds. The summed E-state index contributed by atoms with van der Waals surface area (Å²) in [6.07, 6.45) is 0.420. The third-order valence-electron chi connectivity index (χ3n) is 2.81. The number of carbonyl (C=O) groups is 1. The third kappa shape index (κ3) is 1.85. The zero-order chi connectivity index (χ0) is 11.0. The van der Waals surface area contributed by atoms with Gasteiger partial charge in [-0.05, 0) is 31.2 Å². The highest BCUT2D eigenvalue weighted by molar-refractivity contribution is 6.30. The van der Waals surface area contributed by atoms with E-state index in [4.69, 9.17) is 17.3 Å². The van der Waals surface area contributed by atoms with E-state index in [2.05, 4.69) is 0 Å². The number of carbonyl (C=O) groups excluding carboxylic acids is 1. The maximum Gasteiger partial charge on any atom is 0.228 e. The molecule has 80 valence electrons. The van der Waals surface area contributed by atoms with E-state index >= 15 is 0 Å². The molecule has 0 radical (unpaired) electrons. The van der Waals surface area contributed by atoms with Gasteiger partial charge in [0, 0.05) is 29.2 Å². The summed E-state index contributed by atoms with van der Waals surface area (Å²) in [5.41, 5.74) is 6.70. The summed E-state index contributed by atoms with van der Waals surface area (Å²) in [6.45, 7) is 1.96. The molecule has 2 atom stereocenters. The Bertz CT molecular complexity index is 377. The minimum Gasteiger partial charge on any atom is -0.325 e. The number of anilines is 1. The number of amides is 1. The van der Waals surface area contributed by atoms with Gasteiger partial charge in [-0.15, -0.1) is 0 Å². The quantitative estimate of drug-likeness (QED) is 0.791. The molecule has 0 aromatic heterocycles. The van der Waals surface area contributed by atoms with Gasteiger partial charge < -0.3 is 10.6 Å². The van der Waals surface area contributed by atoms with Crippen LogP contribution in [0, 0.1) is 0 Å². The molecule has 1 fully saturated rings. The summed E-state index contributed by atoms with van der Waals surface area (Å²) in [5, 5.41) is 0.669. The summed E-state index contributed by atoms with van der Waals surface area (Å²) in [5.74, 6) is 0.0809. The van der Waals surface area contributed by atoms with E-state index in [1.54, 1.807) is 17.0 Å². The largest absolute Gasteiger partial charge is 0.325 e. The van der Waals surface area contributed by atoms with Crippen LogP contribution in [0.5, 0.6) is 0 Å². The van der Waals surface area contributed by atoms with E-state index in [1.807, 2.05) is 19.1 Å². The van der Waals surface area contributed by atoms with Crippen molar-refractivity contribution < 1.29 is 4.79 Å². The van der Waals surface area contributed by atoms with Crippen LogP contribution < -0.4 is 10.6 Å². The molecule has 2 unspecified atom stereocenters. The molecule has 0 spiro atoms. The third-order valence-corrected chi connectivity index (χ3v) is 3.06. The van der Waals surface area contributed by atoms with Gasteiger partial charge in [0.15, 0.2) is 0 Å². The van der Waals surface area contributed by atoms with Gasteiger partial charge in [0.05, 0.1) is 0 Å². The highest BCUT2D eigenvalue weighted by Gasteiger charge is 2.35. The average molecular weight is 225 g/mol. The van der Waals surface area contributed by atoms with Crippen molar-refractivity contribution in [3.05, 3.63) is 29.3 Å². The molecule has 0 bridgehead atoms. The maximum absolute atomic E-state index is 11.7. The Labute approximate surface area is 93.8 Å². The Kier molecular flexibility index (Phi) is 2.67. The number of halogens is 1. The van der Waals surface area contributed by atoms with E-state index < -0.39 is 0 Å². The summed E-state index contributed by atoms with van der Waals surface area (Å²) in [6, 6.07) is 7.22. The first-order valence-electron chi connectivity index (χ1n) is 4.93. The van der Waals surface area contributed by atoms with Gasteiger partial charge in [-0.2, -0.15) is 0 Å². The highest BCUT2D eigenvalue weighted by atomic mass is 35.5. The Morgan fingerprint density at radius 3 is 2.47 bits per heavy atom. The summed E-state index contributed by atoms with van der Waals surface area (Å²) in [7, 11) is 0. The van der Waals surface area contributed by atoms with Gasteiger partial charge in [-0.3, -0.25) is 4.79 Å². The zero-order valence-corrected chi connectivity index (χ0v) is 9.24. The van der Waals surface area contributed by atoms with Crippen LogP contribution in [0.4, 0.5) is 5.69 Å². The van der Waals surface area contributed by atoms with Crippen LogP contribution in [-0.4, -0.2) is 18.0 Å². The molecule has 1 aromatic carbocycles. The lowest BCUT2D eigenvalue weighted by molar-refractivity contribution is -0.117. The van der Waals surface area contributed by atoms with Crippen molar-refractivity contribution in [1.82, 2.24) is 0 Å². The van der Waals surface area contributed by atoms with Gasteiger partial charge in [0.25, 0.3) is 0 Å². The molecule has 15 heavy (non-hydrogen) atoms. The number of benzene rings is 1. The minimum atomic E-state index is -0.0758. The first kappa shape index (κ1) is 10.5. The second-order valence-corrected chi connectivity index (χ2v) is 4.29. The van der Waals surface area contributed by atoms with E-state index in [-0.39, 0.29) is 18.0 Å². The molecule has 3 nitrogen and oxygen atoms in total. The topological polar surface area (TPSA) is 46.3 Å². The second kappa shape index (κ2) is 3.83. The van der Waals surface area contributed by atoms with Crippen molar-refractivity contribution >= 4 is 23.2 Å². The number of nitrogens with zero attached hydrogens (tertiary/aromatic N) is 1. The number of nitrogens with two attached hydrogens (primary N) is 1. The van der Waals surface area contributed by atoms with Crippen LogP contribution in [0.2, 0.25) is 5.02 Å². The van der Waals surface area contributed by atoms with Crippen LogP contribution >= 0.6 is 11.6 Å². The van der Waals surface area contributed by atoms with E-state index in [0.29, 0.717) is 11.4 Å². The zero-order valence-electron chi connectivity index (χ0n) is 8.48. The first-order valence-corrected chi connectivity index (χ1v) is 5.30. The lowest BCUT2D eigenvalue weighted by Crippen LogP contribution is -2.37. The summed E-state index contributed by atoms with van der Waals surface area (Å²) >= 11 is 5.79. The molecule has 0 aliphatic carbocycles. The molecule has 1 aliphatic heterocycles. The highest BCUT2D eigenvalue weighted by Crippen LogP contribution is 2.26. The van der Waals surface area contributed by atoms with Gasteiger partial charge in [0.2, 0.25) is 5.91 Å². The van der Waals surface area contributed by atoms with Crippen molar-refractivity contribution in [1.29, 1.82) is 0 Å².